The van der Waals surface area contributed by atoms with Gasteiger partial charge < -0.3 is 10.2 Å². The maximum atomic E-state index is 13.7. The van der Waals surface area contributed by atoms with Crippen LogP contribution in [0.3, 0.4) is 0 Å². The van der Waals surface area contributed by atoms with E-state index in [1.54, 1.807) is 19.1 Å². The number of hydrogen-bond acceptors (Lipinski definition) is 5. The van der Waals surface area contributed by atoms with Gasteiger partial charge in [-0.1, -0.05) is 18.2 Å². The molecule has 0 bridgehead atoms. The van der Waals surface area contributed by atoms with Gasteiger partial charge in [-0.25, -0.2) is 0 Å². The lowest BCUT2D eigenvalue weighted by Gasteiger charge is -2.26. The fourth-order valence-electron chi connectivity index (χ4n) is 4.58. The Kier molecular flexibility index (Phi) is 4.87. The molecule has 2 aromatic heterocycles. The van der Waals surface area contributed by atoms with Crippen LogP contribution in [-0.4, -0.2) is 39.0 Å². The van der Waals surface area contributed by atoms with Crippen molar-refractivity contribution in [3.63, 3.8) is 0 Å². The van der Waals surface area contributed by atoms with Gasteiger partial charge in [0, 0.05) is 31.0 Å². The fourth-order valence-corrected chi connectivity index (χ4v) is 4.58. The van der Waals surface area contributed by atoms with Gasteiger partial charge in [-0.3, -0.25) is 4.79 Å². The predicted octanol–water partition coefficient (Wildman–Crippen LogP) is 4.06. The Hall–Kier alpha value is -3.43. The van der Waals surface area contributed by atoms with Gasteiger partial charge in [0.15, 0.2) is 11.6 Å². The van der Waals surface area contributed by atoms with Crippen LogP contribution < -0.4 is 10.2 Å². The lowest BCUT2D eigenvalue weighted by Crippen LogP contribution is -2.26. The molecule has 32 heavy (non-hydrogen) atoms. The molecule has 2 aliphatic heterocycles. The van der Waals surface area contributed by atoms with E-state index in [0.717, 1.165) is 37.8 Å². The van der Waals surface area contributed by atoms with Gasteiger partial charge in [0.25, 0.3) is 0 Å². The first-order valence-corrected chi connectivity index (χ1v) is 10.5. The maximum absolute atomic E-state index is 13.7. The minimum absolute atomic E-state index is 0.0641. The van der Waals surface area contributed by atoms with Crippen LogP contribution in [0.5, 0.6) is 0 Å². The van der Waals surface area contributed by atoms with Crippen LogP contribution in [0.1, 0.15) is 47.6 Å². The summed E-state index contributed by atoms with van der Waals surface area (Å²) in [7, 11) is 0. The van der Waals surface area contributed by atoms with E-state index in [9.17, 15) is 18.0 Å². The molecule has 0 aliphatic carbocycles. The van der Waals surface area contributed by atoms with Crippen LogP contribution in [-0.2, 0) is 11.0 Å². The summed E-state index contributed by atoms with van der Waals surface area (Å²) >= 11 is 0. The van der Waals surface area contributed by atoms with Crippen LogP contribution in [0, 0.1) is 6.92 Å². The topological polar surface area (TPSA) is 75.9 Å². The first-order chi connectivity index (χ1) is 15.3. The number of alkyl halides is 3. The molecule has 166 valence electrons. The van der Waals surface area contributed by atoms with Crippen LogP contribution in [0.25, 0.3) is 5.82 Å². The highest BCUT2D eigenvalue weighted by Gasteiger charge is 2.39. The Morgan fingerprint density at radius 3 is 2.41 bits per heavy atom. The third kappa shape index (κ3) is 3.49. The molecule has 1 fully saturated rings. The zero-order valence-electron chi connectivity index (χ0n) is 17.4. The highest BCUT2D eigenvalue weighted by Crippen LogP contribution is 2.44. The average molecular weight is 442 g/mol. The van der Waals surface area contributed by atoms with Gasteiger partial charge in [0.1, 0.15) is 5.82 Å². The van der Waals surface area contributed by atoms with Crippen LogP contribution >= 0.6 is 0 Å². The van der Waals surface area contributed by atoms with E-state index >= 15 is 0 Å². The number of halogens is 3. The molecule has 1 aromatic carbocycles. The third-order valence-electron chi connectivity index (χ3n) is 6.03. The Bertz CT molecular complexity index is 1170. The molecule has 1 N–H and O–H groups in total. The van der Waals surface area contributed by atoms with Gasteiger partial charge in [-0.05, 0) is 43.5 Å². The molecule has 0 spiro atoms. The van der Waals surface area contributed by atoms with Crippen LogP contribution in [0.15, 0.2) is 36.4 Å². The molecule has 1 atom stereocenters. The first-order valence-electron chi connectivity index (χ1n) is 10.5. The van der Waals surface area contributed by atoms with Gasteiger partial charge in [0.2, 0.25) is 5.91 Å². The molecular weight excluding hydrogens is 421 g/mol. The molecule has 1 saturated heterocycles. The van der Waals surface area contributed by atoms with Crippen molar-refractivity contribution in [1.29, 1.82) is 0 Å². The Labute approximate surface area is 182 Å². The summed E-state index contributed by atoms with van der Waals surface area (Å²) in [6.45, 7) is 3.59. The third-order valence-corrected chi connectivity index (χ3v) is 6.03. The second-order valence-corrected chi connectivity index (χ2v) is 8.09. The molecule has 1 amide bonds. The Morgan fingerprint density at radius 1 is 1.03 bits per heavy atom. The zero-order valence-corrected chi connectivity index (χ0v) is 17.4. The highest BCUT2D eigenvalue weighted by molar-refractivity contribution is 5.95. The summed E-state index contributed by atoms with van der Waals surface area (Å²) in [4.78, 5) is 14.7. The second-order valence-electron chi connectivity index (χ2n) is 8.09. The van der Waals surface area contributed by atoms with Crippen molar-refractivity contribution in [3.05, 3.63) is 58.8 Å². The number of benzene rings is 1. The van der Waals surface area contributed by atoms with Gasteiger partial charge in [-0.2, -0.15) is 23.0 Å². The SMILES string of the molecule is Cc1nn(-c2ccc(N3CCCC3)nn2)c2c1[C@H](c1ccccc1C(F)(F)F)CC(=O)N2. The number of carbonyl (C=O) groups excluding carboxylic acids is 1. The lowest BCUT2D eigenvalue weighted by atomic mass is 9.83. The maximum Gasteiger partial charge on any atom is 0.416 e. The lowest BCUT2D eigenvalue weighted by molar-refractivity contribution is -0.138. The number of nitrogens with one attached hydrogen (secondary N) is 1. The van der Waals surface area contributed by atoms with Gasteiger partial charge >= 0.3 is 6.18 Å². The van der Waals surface area contributed by atoms with E-state index in [-0.39, 0.29) is 17.9 Å². The number of aryl methyl sites for hydroxylation is 1. The van der Waals surface area contributed by atoms with Gasteiger partial charge in [0.05, 0.1) is 11.3 Å². The molecule has 0 radical (unpaired) electrons. The van der Waals surface area contributed by atoms with Crippen molar-refractivity contribution < 1.29 is 18.0 Å². The number of amides is 1. The second kappa shape index (κ2) is 7.61. The van der Waals surface area contributed by atoms with Crippen molar-refractivity contribution >= 4 is 17.5 Å². The van der Waals surface area contributed by atoms with Crippen molar-refractivity contribution in [2.45, 2.75) is 38.3 Å². The number of fused-ring (bicyclic) bond motifs is 1. The molecule has 4 heterocycles. The molecule has 10 heteroatoms. The van der Waals surface area contributed by atoms with E-state index in [2.05, 4.69) is 25.5 Å². The Morgan fingerprint density at radius 2 is 1.72 bits per heavy atom. The first kappa shape index (κ1) is 20.5. The molecule has 2 aliphatic rings. The van der Waals surface area contributed by atoms with Crippen molar-refractivity contribution in [3.8, 4) is 5.82 Å². The number of aromatic nitrogens is 4. The standard InChI is InChI=1S/C22H21F3N6O/c1-13-20-15(14-6-2-3-7-16(14)22(23,24)25)12-19(32)26-21(20)31(29-13)18-9-8-17(27-28-18)30-10-4-5-11-30/h2-3,6-9,15H,4-5,10-12H2,1H3,(H,26,32)/t15-/m0/s1. The quantitative estimate of drug-likeness (QED) is 0.662. The summed E-state index contributed by atoms with van der Waals surface area (Å²) < 4.78 is 42.5. The number of rotatable bonds is 3. The van der Waals surface area contributed by atoms with E-state index in [1.807, 2.05) is 6.07 Å². The highest BCUT2D eigenvalue weighted by atomic mass is 19.4. The monoisotopic (exact) mass is 442 g/mol. The Balaban J connectivity index is 1.58. The van der Waals surface area contributed by atoms with E-state index in [1.165, 1.54) is 16.8 Å². The minimum atomic E-state index is -4.52. The van der Waals surface area contributed by atoms with Crippen molar-refractivity contribution in [2.24, 2.45) is 0 Å². The molecule has 5 rings (SSSR count). The summed E-state index contributed by atoms with van der Waals surface area (Å²) in [5.41, 5.74) is 0.417. The van der Waals surface area contributed by atoms with E-state index in [4.69, 9.17) is 0 Å². The molecule has 7 nitrogen and oxygen atoms in total. The summed E-state index contributed by atoms with van der Waals surface area (Å²) in [6.07, 6.45) is -2.39. The number of nitrogens with zero attached hydrogens (tertiary/aromatic N) is 5. The van der Waals surface area contributed by atoms with Crippen LogP contribution in [0.4, 0.5) is 24.8 Å². The summed E-state index contributed by atoms with van der Waals surface area (Å²) in [5.74, 6) is 0.362. The van der Waals surface area contributed by atoms with E-state index in [0.29, 0.717) is 22.9 Å². The predicted molar refractivity (Wildman–Crippen MR) is 112 cm³/mol. The van der Waals surface area contributed by atoms with Crippen molar-refractivity contribution in [1.82, 2.24) is 20.0 Å². The number of hydrogen-bond donors (Lipinski definition) is 1. The minimum Gasteiger partial charge on any atom is -0.355 e. The molecule has 0 saturated carbocycles. The summed E-state index contributed by atoms with van der Waals surface area (Å²) in [6, 6.07) is 8.98. The number of carbonyl (C=O) groups is 1. The van der Waals surface area contributed by atoms with Crippen LogP contribution in [0.2, 0.25) is 0 Å². The molecular formula is C22H21F3N6O. The van der Waals surface area contributed by atoms with Gasteiger partial charge in [-0.15, -0.1) is 10.2 Å². The van der Waals surface area contributed by atoms with Crippen molar-refractivity contribution in [2.75, 3.05) is 23.3 Å². The fraction of sp³-hybridized carbons (Fsp3) is 0.364. The molecule has 3 aromatic rings. The molecule has 0 unspecified atom stereocenters. The number of anilines is 2. The largest absolute Gasteiger partial charge is 0.416 e. The smallest absolute Gasteiger partial charge is 0.355 e. The summed E-state index contributed by atoms with van der Waals surface area (Å²) in [5, 5.41) is 15.8. The zero-order chi connectivity index (χ0) is 22.5. The normalized spacial score (nSPS) is 18.6. The van der Waals surface area contributed by atoms with E-state index < -0.39 is 17.7 Å². The average Bonchev–Trinajstić information content (AvgIpc) is 3.41.